The Hall–Kier alpha value is -5.16. The second kappa shape index (κ2) is 13.3. The Morgan fingerprint density at radius 2 is 1.54 bits per heavy atom. The molecule has 0 aliphatic rings. The van der Waals surface area contributed by atoms with Crippen molar-refractivity contribution in [1.29, 1.82) is 0 Å². The van der Waals surface area contributed by atoms with Gasteiger partial charge in [0.2, 0.25) is 0 Å². The highest BCUT2D eigenvalue weighted by atomic mass is 16.5. The van der Waals surface area contributed by atoms with Gasteiger partial charge in [0, 0.05) is 40.4 Å². The fourth-order valence-electron chi connectivity index (χ4n) is 7.14. The van der Waals surface area contributed by atoms with E-state index < -0.39 is 0 Å². The highest BCUT2D eigenvalue weighted by molar-refractivity contribution is 6.09. The summed E-state index contributed by atoms with van der Waals surface area (Å²) < 4.78 is 11.1. The molecule has 0 fully saturated rings. The molecule has 7 aromatic rings. The van der Waals surface area contributed by atoms with Gasteiger partial charge in [-0.1, -0.05) is 71.0 Å². The van der Waals surface area contributed by atoms with Crippen LogP contribution in [0.4, 0.5) is 0 Å². The molecule has 5 nitrogen and oxygen atoms in total. The first kappa shape index (κ1) is 33.3. The molecule has 0 atom stereocenters. The van der Waals surface area contributed by atoms with Crippen LogP contribution in [0.15, 0.2) is 103 Å². The van der Waals surface area contributed by atoms with Crippen LogP contribution in [-0.4, -0.2) is 19.3 Å². The van der Waals surface area contributed by atoms with Gasteiger partial charge < -0.3 is 4.74 Å². The molecule has 254 valence electrons. The topological polar surface area (TPSA) is 44.9 Å². The van der Waals surface area contributed by atoms with Crippen molar-refractivity contribution in [3.05, 3.63) is 131 Å². The van der Waals surface area contributed by atoms with Crippen LogP contribution in [0.5, 0.6) is 11.5 Å². The molecule has 7 rings (SSSR count). The zero-order valence-corrected chi connectivity index (χ0v) is 30.7. The summed E-state index contributed by atoms with van der Waals surface area (Å²) in [7, 11) is 0. The quantitative estimate of drug-likeness (QED) is 0.155. The summed E-state index contributed by atoms with van der Waals surface area (Å²) in [6.45, 7) is 17.8. The number of aromatic nitrogens is 4. The van der Waals surface area contributed by atoms with Crippen LogP contribution in [0.3, 0.4) is 0 Å². The van der Waals surface area contributed by atoms with Gasteiger partial charge in [0.25, 0.3) is 0 Å². The number of fused-ring (bicyclic) bond motifs is 3. The van der Waals surface area contributed by atoms with Crippen LogP contribution in [0.25, 0.3) is 44.4 Å². The SMILES string of the molecule is Cc1ccnc(-n2c3ccc(CC(C)C)cc3c3ccc(Oc4cc(CCC(C)(C)C)cc(-n5nc(C)c(-c6ccccc6)c5C)c4)cc32)c1. The largest absolute Gasteiger partial charge is 0.457 e. The second-order valence-electron chi connectivity index (χ2n) is 15.5. The van der Waals surface area contributed by atoms with Crippen LogP contribution >= 0.6 is 0 Å². The van der Waals surface area contributed by atoms with Gasteiger partial charge in [0.1, 0.15) is 17.3 Å². The number of benzene rings is 4. The fraction of sp³-hybridized carbons (Fsp3) is 0.289. The van der Waals surface area contributed by atoms with Crippen LogP contribution in [0.2, 0.25) is 0 Å². The van der Waals surface area contributed by atoms with Gasteiger partial charge in [-0.3, -0.25) is 4.57 Å². The lowest BCUT2D eigenvalue weighted by molar-refractivity contribution is 0.378. The summed E-state index contributed by atoms with van der Waals surface area (Å²) in [6, 6.07) is 34.6. The molecule has 0 saturated carbocycles. The minimum Gasteiger partial charge on any atom is -0.457 e. The Morgan fingerprint density at radius 3 is 2.28 bits per heavy atom. The summed E-state index contributed by atoms with van der Waals surface area (Å²) in [4.78, 5) is 4.82. The van der Waals surface area contributed by atoms with Crippen LogP contribution < -0.4 is 4.74 Å². The molecule has 0 spiro atoms. The third-order valence-electron chi connectivity index (χ3n) is 9.52. The molecule has 5 heteroatoms. The Bertz CT molecular complexity index is 2320. The molecular weight excluding hydrogens is 613 g/mol. The van der Waals surface area contributed by atoms with Gasteiger partial charge in [0.05, 0.1) is 22.4 Å². The van der Waals surface area contributed by atoms with E-state index in [4.69, 9.17) is 14.8 Å². The number of rotatable bonds is 9. The van der Waals surface area contributed by atoms with Crippen molar-refractivity contribution in [2.75, 3.05) is 0 Å². The van der Waals surface area contributed by atoms with Gasteiger partial charge in [-0.05, 0) is 122 Å². The molecule has 4 aromatic carbocycles. The van der Waals surface area contributed by atoms with E-state index in [-0.39, 0.29) is 5.41 Å². The Balaban J connectivity index is 1.34. The van der Waals surface area contributed by atoms with Gasteiger partial charge in [0.15, 0.2) is 0 Å². The minimum absolute atomic E-state index is 0.215. The molecular formula is C45H48N4O. The summed E-state index contributed by atoms with van der Waals surface area (Å²) >= 11 is 0. The van der Waals surface area contributed by atoms with Crippen molar-refractivity contribution in [3.8, 4) is 34.1 Å². The van der Waals surface area contributed by atoms with Crippen molar-refractivity contribution in [2.45, 2.75) is 74.7 Å². The number of pyridine rings is 1. The fourth-order valence-corrected chi connectivity index (χ4v) is 7.14. The molecule has 0 unspecified atom stereocenters. The van der Waals surface area contributed by atoms with E-state index in [2.05, 4.69) is 156 Å². The summed E-state index contributed by atoms with van der Waals surface area (Å²) in [5, 5.41) is 7.47. The molecule has 0 N–H and O–H groups in total. The van der Waals surface area contributed by atoms with Crippen molar-refractivity contribution < 1.29 is 4.74 Å². The lowest BCUT2D eigenvalue weighted by Gasteiger charge is -2.19. The van der Waals surface area contributed by atoms with Crippen molar-refractivity contribution in [3.63, 3.8) is 0 Å². The minimum atomic E-state index is 0.215. The van der Waals surface area contributed by atoms with E-state index in [9.17, 15) is 0 Å². The van der Waals surface area contributed by atoms with Crippen LogP contribution in [0, 0.1) is 32.1 Å². The monoisotopic (exact) mass is 660 g/mol. The molecule has 3 aromatic heterocycles. The van der Waals surface area contributed by atoms with Crippen LogP contribution in [-0.2, 0) is 12.8 Å². The number of hydrogen-bond donors (Lipinski definition) is 0. The first-order valence-corrected chi connectivity index (χ1v) is 17.9. The third-order valence-corrected chi connectivity index (χ3v) is 9.52. The van der Waals surface area contributed by atoms with Gasteiger partial charge >= 0.3 is 0 Å². The maximum atomic E-state index is 6.79. The average Bonchev–Trinajstić information content (AvgIpc) is 3.55. The molecule has 50 heavy (non-hydrogen) atoms. The maximum absolute atomic E-state index is 6.79. The first-order valence-electron chi connectivity index (χ1n) is 17.9. The van der Waals surface area contributed by atoms with Crippen molar-refractivity contribution in [1.82, 2.24) is 19.3 Å². The smallest absolute Gasteiger partial charge is 0.137 e. The molecule has 0 radical (unpaired) electrons. The molecule has 0 aliphatic carbocycles. The summed E-state index contributed by atoms with van der Waals surface area (Å²) in [6.07, 6.45) is 4.95. The van der Waals surface area contributed by atoms with Crippen molar-refractivity contribution in [2.24, 2.45) is 11.3 Å². The maximum Gasteiger partial charge on any atom is 0.137 e. The molecule has 3 heterocycles. The van der Waals surface area contributed by atoms with E-state index in [0.717, 1.165) is 64.7 Å². The Morgan fingerprint density at radius 1 is 0.740 bits per heavy atom. The van der Waals surface area contributed by atoms with E-state index in [1.54, 1.807) is 0 Å². The predicted molar refractivity (Wildman–Crippen MR) is 208 cm³/mol. The van der Waals surface area contributed by atoms with Crippen molar-refractivity contribution >= 4 is 21.8 Å². The van der Waals surface area contributed by atoms with E-state index in [1.807, 2.05) is 12.3 Å². The number of hydrogen-bond acceptors (Lipinski definition) is 3. The van der Waals surface area contributed by atoms with Crippen LogP contribution in [0.1, 0.15) is 69.1 Å². The average molecular weight is 661 g/mol. The normalized spacial score (nSPS) is 12.0. The lowest BCUT2D eigenvalue weighted by Crippen LogP contribution is -2.07. The number of aryl methyl sites for hydroxylation is 3. The Kier molecular flexibility index (Phi) is 8.86. The van der Waals surface area contributed by atoms with Gasteiger partial charge in [-0.25, -0.2) is 9.67 Å². The second-order valence-corrected chi connectivity index (χ2v) is 15.5. The zero-order chi connectivity index (χ0) is 35.2. The van der Waals surface area contributed by atoms with E-state index in [1.165, 1.54) is 38.6 Å². The third kappa shape index (κ3) is 6.82. The lowest BCUT2D eigenvalue weighted by atomic mass is 9.88. The zero-order valence-electron chi connectivity index (χ0n) is 30.7. The van der Waals surface area contributed by atoms with Gasteiger partial charge in [-0.15, -0.1) is 0 Å². The first-order chi connectivity index (χ1) is 23.9. The highest BCUT2D eigenvalue weighted by Gasteiger charge is 2.19. The highest BCUT2D eigenvalue weighted by Crippen LogP contribution is 2.37. The molecule has 0 saturated heterocycles. The van der Waals surface area contributed by atoms with Gasteiger partial charge in [-0.2, -0.15) is 5.10 Å². The standard InChI is InChI=1S/C45H48N4O/c1-29(2)22-33-14-17-41-40(26-33)39-16-15-37(28-42(39)48(41)43-23-30(3)19-21-46-43)50-38-25-34(18-20-45(6,7)8)24-36(27-38)49-32(5)44(31(4)47-49)35-12-10-9-11-13-35/h9-17,19,21,23-29H,18,20,22H2,1-8H3. The number of ether oxygens (including phenoxy) is 1. The molecule has 0 amide bonds. The molecule has 0 bridgehead atoms. The Labute approximate surface area is 296 Å². The molecule has 0 aliphatic heterocycles. The predicted octanol–water partition coefficient (Wildman–Crippen LogP) is 11.9. The van der Waals surface area contributed by atoms with E-state index >= 15 is 0 Å². The summed E-state index contributed by atoms with van der Waals surface area (Å²) in [5.41, 5.74) is 11.7. The number of nitrogens with zero attached hydrogens (tertiary/aromatic N) is 4. The van der Waals surface area contributed by atoms with E-state index in [0.29, 0.717) is 5.92 Å². The summed E-state index contributed by atoms with van der Waals surface area (Å²) in [5.74, 6) is 3.08.